The van der Waals surface area contributed by atoms with E-state index in [-0.39, 0.29) is 5.92 Å². The van der Waals surface area contributed by atoms with E-state index in [0.29, 0.717) is 6.61 Å². The number of nitrogens with zero attached hydrogens (tertiary/aromatic N) is 2. The second kappa shape index (κ2) is 8.17. The Bertz CT molecular complexity index is 738. The molecule has 0 amide bonds. The first-order valence-corrected chi connectivity index (χ1v) is 8.90. The van der Waals surface area contributed by atoms with Crippen LogP contribution >= 0.6 is 0 Å². The van der Waals surface area contributed by atoms with E-state index in [4.69, 9.17) is 9.47 Å². The lowest BCUT2D eigenvalue weighted by atomic mass is 9.89. The molecule has 0 N–H and O–H groups in total. The van der Waals surface area contributed by atoms with Crippen LogP contribution in [0, 0.1) is 0 Å². The molecule has 0 bridgehead atoms. The molecule has 1 unspecified atom stereocenters. The molecule has 1 aromatic heterocycles. The second-order valence-corrected chi connectivity index (χ2v) is 6.12. The highest BCUT2D eigenvalue weighted by molar-refractivity contribution is 5.51. The van der Waals surface area contributed by atoms with Crippen LogP contribution in [-0.2, 0) is 6.61 Å². The molecule has 4 nitrogen and oxygen atoms in total. The van der Waals surface area contributed by atoms with E-state index in [1.165, 1.54) is 5.56 Å². The maximum Gasteiger partial charge on any atom is 0.131 e. The monoisotopic (exact) mass is 338 g/mol. The third kappa shape index (κ3) is 3.85. The molecule has 2 heterocycles. The highest BCUT2D eigenvalue weighted by atomic mass is 16.5. The summed E-state index contributed by atoms with van der Waals surface area (Å²) in [6, 6.07) is 10.1. The zero-order valence-corrected chi connectivity index (χ0v) is 15.2. The molecule has 2 aromatic rings. The topological polar surface area (TPSA) is 34.6 Å². The van der Waals surface area contributed by atoms with E-state index in [2.05, 4.69) is 48.0 Å². The van der Waals surface area contributed by atoms with Crippen LogP contribution in [0.3, 0.4) is 0 Å². The Morgan fingerprint density at radius 1 is 1.24 bits per heavy atom. The number of aromatic nitrogens is 1. The number of rotatable bonds is 6. The molecule has 1 aliphatic heterocycles. The summed E-state index contributed by atoms with van der Waals surface area (Å²) in [5, 5.41) is 0. The predicted molar refractivity (Wildman–Crippen MR) is 100 cm³/mol. The number of hydrogen-bond acceptors (Lipinski definition) is 4. The van der Waals surface area contributed by atoms with Gasteiger partial charge in [-0.2, -0.15) is 0 Å². The van der Waals surface area contributed by atoms with E-state index in [9.17, 15) is 0 Å². The zero-order chi connectivity index (χ0) is 17.6. The molecule has 0 aliphatic carbocycles. The van der Waals surface area contributed by atoms with Gasteiger partial charge in [-0.05, 0) is 42.9 Å². The number of likely N-dealkylation sites (N-methyl/N-ethyl adjacent to an activating group) is 1. The molecule has 0 fully saturated rings. The molecule has 3 rings (SSSR count). The Morgan fingerprint density at radius 2 is 2.08 bits per heavy atom. The van der Waals surface area contributed by atoms with Crippen molar-refractivity contribution in [3.05, 3.63) is 65.5 Å². The fourth-order valence-corrected chi connectivity index (χ4v) is 3.23. The molecule has 1 atom stereocenters. The maximum absolute atomic E-state index is 6.01. The average molecular weight is 338 g/mol. The Kier molecular flexibility index (Phi) is 5.71. The Hall–Kier alpha value is -2.33. The van der Waals surface area contributed by atoms with Gasteiger partial charge >= 0.3 is 0 Å². The first kappa shape index (κ1) is 17.5. The van der Waals surface area contributed by atoms with Crippen molar-refractivity contribution >= 4 is 0 Å². The van der Waals surface area contributed by atoms with Gasteiger partial charge in [-0.15, -0.1) is 0 Å². The van der Waals surface area contributed by atoms with Gasteiger partial charge in [-0.25, -0.2) is 0 Å². The SMILES string of the molecule is CCN(CC)C/C=C/C1c2cc(OC)ccc2OCc2ncccc21. The largest absolute Gasteiger partial charge is 0.497 e. The second-order valence-electron chi connectivity index (χ2n) is 6.12. The van der Waals surface area contributed by atoms with Gasteiger partial charge in [0.05, 0.1) is 12.8 Å². The fourth-order valence-electron chi connectivity index (χ4n) is 3.23. The lowest BCUT2D eigenvalue weighted by Crippen LogP contribution is -2.22. The zero-order valence-electron chi connectivity index (χ0n) is 15.2. The Labute approximate surface area is 150 Å². The minimum atomic E-state index is 0.117. The molecular formula is C21H26N2O2. The first-order chi connectivity index (χ1) is 12.3. The molecule has 0 radical (unpaired) electrons. The standard InChI is InChI=1S/C21H26N2O2/c1-4-23(5-2)13-7-9-17-18-8-6-12-22-20(18)15-25-21-11-10-16(24-3)14-19(17)21/h6-12,14,17H,4-5,13,15H2,1-3H3/b9-7+. The van der Waals surface area contributed by atoms with Gasteiger partial charge in [0, 0.05) is 24.2 Å². The number of allylic oxidation sites excluding steroid dienone is 1. The number of fused-ring (bicyclic) bond motifs is 2. The minimum Gasteiger partial charge on any atom is -0.497 e. The molecule has 25 heavy (non-hydrogen) atoms. The molecule has 132 valence electrons. The van der Waals surface area contributed by atoms with Crippen molar-refractivity contribution < 1.29 is 9.47 Å². The van der Waals surface area contributed by atoms with Gasteiger partial charge in [-0.1, -0.05) is 32.1 Å². The van der Waals surface area contributed by atoms with Gasteiger partial charge in [0.15, 0.2) is 0 Å². The van der Waals surface area contributed by atoms with Gasteiger partial charge in [0.2, 0.25) is 0 Å². The molecule has 0 saturated carbocycles. The Balaban J connectivity index is 2.00. The van der Waals surface area contributed by atoms with Crippen LogP contribution < -0.4 is 9.47 Å². The first-order valence-electron chi connectivity index (χ1n) is 8.90. The summed E-state index contributed by atoms with van der Waals surface area (Å²) in [5.74, 6) is 1.86. The van der Waals surface area contributed by atoms with Crippen LogP contribution in [0.25, 0.3) is 0 Å². The van der Waals surface area contributed by atoms with Crippen molar-refractivity contribution in [2.75, 3.05) is 26.7 Å². The summed E-state index contributed by atoms with van der Waals surface area (Å²) in [6.07, 6.45) is 6.35. The molecule has 1 aliphatic rings. The lowest BCUT2D eigenvalue weighted by Gasteiger charge is -2.18. The number of ether oxygens (including phenoxy) is 2. The van der Waals surface area contributed by atoms with Crippen LogP contribution in [0.2, 0.25) is 0 Å². The summed E-state index contributed by atoms with van der Waals surface area (Å²) < 4.78 is 11.4. The number of benzene rings is 1. The summed E-state index contributed by atoms with van der Waals surface area (Å²) in [7, 11) is 1.69. The molecule has 0 saturated heterocycles. The molecule has 0 spiro atoms. The summed E-state index contributed by atoms with van der Waals surface area (Å²) >= 11 is 0. The van der Waals surface area contributed by atoms with E-state index in [1.807, 2.05) is 24.4 Å². The third-order valence-corrected chi connectivity index (χ3v) is 4.76. The molecule has 1 aromatic carbocycles. The normalized spacial score (nSPS) is 16.2. The average Bonchev–Trinajstić information content (AvgIpc) is 2.82. The lowest BCUT2D eigenvalue weighted by molar-refractivity contribution is 0.301. The summed E-state index contributed by atoms with van der Waals surface area (Å²) in [4.78, 5) is 6.92. The smallest absolute Gasteiger partial charge is 0.131 e. The minimum absolute atomic E-state index is 0.117. The van der Waals surface area contributed by atoms with Crippen LogP contribution in [0.5, 0.6) is 11.5 Å². The van der Waals surface area contributed by atoms with Crippen molar-refractivity contribution in [1.29, 1.82) is 0 Å². The van der Waals surface area contributed by atoms with Gasteiger partial charge in [0.25, 0.3) is 0 Å². The molecular weight excluding hydrogens is 312 g/mol. The fraction of sp³-hybridized carbons (Fsp3) is 0.381. The quantitative estimate of drug-likeness (QED) is 0.745. The van der Waals surface area contributed by atoms with Gasteiger partial charge in [-0.3, -0.25) is 4.98 Å². The van der Waals surface area contributed by atoms with Gasteiger partial charge < -0.3 is 14.4 Å². The highest BCUT2D eigenvalue weighted by Crippen LogP contribution is 2.39. The van der Waals surface area contributed by atoms with Crippen molar-refractivity contribution in [3.63, 3.8) is 0 Å². The van der Waals surface area contributed by atoms with Crippen LogP contribution in [-0.4, -0.2) is 36.6 Å². The van der Waals surface area contributed by atoms with Crippen molar-refractivity contribution in [1.82, 2.24) is 9.88 Å². The number of methoxy groups -OCH3 is 1. The third-order valence-electron chi connectivity index (χ3n) is 4.76. The predicted octanol–water partition coefficient (Wildman–Crippen LogP) is 4.01. The number of pyridine rings is 1. The van der Waals surface area contributed by atoms with E-state index in [1.54, 1.807) is 7.11 Å². The van der Waals surface area contributed by atoms with E-state index >= 15 is 0 Å². The maximum atomic E-state index is 6.01. The molecule has 4 heteroatoms. The van der Waals surface area contributed by atoms with Gasteiger partial charge in [0.1, 0.15) is 18.1 Å². The summed E-state index contributed by atoms with van der Waals surface area (Å²) in [6.45, 7) is 7.93. The van der Waals surface area contributed by atoms with Crippen LogP contribution in [0.1, 0.15) is 36.6 Å². The van der Waals surface area contributed by atoms with Crippen LogP contribution in [0.4, 0.5) is 0 Å². The van der Waals surface area contributed by atoms with E-state index < -0.39 is 0 Å². The highest BCUT2D eigenvalue weighted by Gasteiger charge is 2.24. The number of hydrogen-bond donors (Lipinski definition) is 0. The van der Waals surface area contributed by atoms with Crippen molar-refractivity contribution in [3.8, 4) is 11.5 Å². The summed E-state index contributed by atoms with van der Waals surface area (Å²) in [5.41, 5.74) is 3.32. The Morgan fingerprint density at radius 3 is 2.84 bits per heavy atom. The van der Waals surface area contributed by atoms with E-state index in [0.717, 1.165) is 42.4 Å². The van der Waals surface area contributed by atoms with Crippen molar-refractivity contribution in [2.24, 2.45) is 0 Å². The van der Waals surface area contributed by atoms with Crippen LogP contribution in [0.15, 0.2) is 48.7 Å². The van der Waals surface area contributed by atoms with Crippen molar-refractivity contribution in [2.45, 2.75) is 26.4 Å².